The molecule has 0 amide bonds. The predicted molar refractivity (Wildman–Crippen MR) is 53.3 cm³/mol. The van der Waals surface area contributed by atoms with Crippen LogP contribution in [0.5, 0.6) is 0 Å². The standard InChI is InChI=1S/C10H9NS/c1-2-5-10-9(4-1)8-12-7-3-6-11-10/h1-6,8H,7H2. The summed E-state index contributed by atoms with van der Waals surface area (Å²) in [6, 6.07) is 8.17. The molecule has 0 fully saturated rings. The number of para-hydroxylation sites is 1. The van der Waals surface area contributed by atoms with Gasteiger partial charge in [-0.1, -0.05) is 24.3 Å². The SMILES string of the molecule is C1=CN=c2ccccc2=CSC1. The minimum atomic E-state index is 1.01. The molecular weight excluding hydrogens is 166 g/mol. The molecule has 0 spiro atoms. The lowest BCUT2D eigenvalue weighted by atomic mass is 10.3. The second kappa shape index (κ2) is 3.59. The smallest absolute Gasteiger partial charge is 0.0706 e. The molecule has 0 N–H and O–H groups in total. The minimum absolute atomic E-state index is 1.01. The molecule has 0 unspecified atom stereocenters. The van der Waals surface area contributed by atoms with Crippen molar-refractivity contribution in [1.29, 1.82) is 0 Å². The van der Waals surface area contributed by atoms with Crippen molar-refractivity contribution in [2.75, 3.05) is 5.75 Å². The highest BCUT2D eigenvalue weighted by Gasteiger charge is 1.87. The van der Waals surface area contributed by atoms with Crippen LogP contribution in [0.15, 0.2) is 41.5 Å². The fourth-order valence-corrected chi connectivity index (χ4v) is 1.75. The van der Waals surface area contributed by atoms with Crippen LogP contribution in [0.3, 0.4) is 0 Å². The van der Waals surface area contributed by atoms with E-state index in [2.05, 4.69) is 22.5 Å². The minimum Gasteiger partial charge on any atom is -0.257 e. The maximum absolute atomic E-state index is 4.32. The Labute approximate surface area is 75.5 Å². The lowest BCUT2D eigenvalue weighted by Crippen LogP contribution is -2.23. The van der Waals surface area contributed by atoms with Gasteiger partial charge in [-0.25, -0.2) is 0 Å². The Morgan fingerprint density at radius 3 is 3.17 bits per heavy atom. The van der Waals surface area contributed by atoms with Gasteiger partial charge in [0.15, 0.2) is 0 Å². The normalized spacial score (nSPS) is 15.0. The van der Waals surface area contributed by atoms with E-state index in [1.54, 1.807) is 11.8 Å². The monoisotopic (exact) mass is 175 g/mol. The van der Waals surface area contributed by atoms with Crippen molar-refractivity contribution in [3.05, 3.63) is 47.1 Å². The third-order valence-corrected chi connectivity index (χ3v) is 2.46. The van der Waals surface area contributed by atoms with Crippen molar-refractivity contribution in [2.45, 2.75) is 0 Å². The Bertz CT molecular complexity index is 406. The summed E-state index contributed by atoms with van der Waals surface area (Å²) in [6.07, 6.45) is 3.94. The van der Waals surface area contributed by atoms with Gasteiger partial charge in [0.05, 0.1) is 5.36 Å². The van der Waals surface area contributed by atoms with Crippen molar-refractivity contribution < 1.29 is 0 Å². The number of benzene rings is 1. The van der Waals surface area contributed by atoms with Crippen molar-refractivity contribution >= 4 is 17.2 Å². The molecule has 2 heteroatoms. The second-order valence-electron chi connectivity index (χ2n) is 2.52. The summed E-state index contributed by atoms with van der Waals surface area (Å²) in [5, 5.41) is 4.43. The number of fused-ring (bicyclic) bond motifs is 1. The molecule has 1 aliphatic rings. The van der Waals surface area contributed by atoms with Crippen LogP contribution < -0.4 is 10.6 Å². The second-order valence-corrected chi connectivity index (χ2v) is 3.43. The van der Waals surface area contributed by atoms with Gasteiger partial charge in [-0.15, -0.1) is 11.8 Å². The Morgan fingerprint density at radius 1 is 1.25 bits per heavy atom. The number of rotatable bonds is 0. The molecular formula is C10H9NS. The van der Waals surface area contributed by atoms with Crippen LogP contribution in [-0.2, 0) is 0 Å². The van der Waals surface area contributed by atoms with E-state index in [-0.39, 0.29) is 0 Å². The molecule has 0 aromatic heterocycles. The molecule has 12 heavy (non-hydrogen) atoms. The summed E-state index contributed by atoms with van der Waals surface area (Å²) >= 11 is 1.80. The van der Waals surface area contributed by atoms with Gasteiger partial charge in [-0.2, -0.15) is 0 Å². The first-order valence-electron chi connectivity index (χ1n) is 3.86. The largest absolute Gasteiger partial charge is 0.257 e. The average molecular weight is 175 g/mol. The molecule has 0 saturated heterocycles. The Kier molecular flexibility index (Phi) is 2.28. The zero-order chi connectivity index (χ0) is 8.23. The zero-order valence-corrected chi connectivity index (χ0v) is 7.42. The van der Waals surface area contributed by atoms with Crippen molar-refractivity contribution in [1.82, 2.24) is 0 Å². The van der Waals surface area contributed by atoms with Crippen molar-refractivity contribution in [2.24, 2.45) is 4.99 Å². The Hall–Kier alpha value is -1.02. The Morgan fingerprint density at radius 2 is 2.17 bits per heavy atom. The first-order valence-corrected chi connectivity index (χ1v) is 4.91. The lowest BCUT2D eigenvalue weighted by molar-refractivity contribution is 1.30. The lowest BCUT2D eigenvalue weighted by Gasteiger charge is -1.93. The maximum atomic E-state index is 4.32. The highest BCUT2D eigenvalue weighted by atomic mass is 32.2. The number of hydrogen-bond donors (Lipinski definition) is 0. The summed E-state index contributed by atoms with van der Waals surface area (Å²) in [5.74, 6) is 1.01. The van der Waals surface area contributed by atoms with Gasteiger partial charge in [0.1, 0.15) is 0 Å². The molecule has 1 heterocycles. The van der Waals surface area contributed by atoms with Gasteiger partial charge in [0, 0.05) is 17.2 Å². The van der Waals surface area contributed by atoms with Crippen molar-refractivity contribution in [3.8, 4) is 0 Å². The third kappa shape index (κ3) is 1.59. The fourth-order valence-electron chi connectivity index (χ4n) is 1.07. The topological polar surface area (TPSA) is 12.4 Å². The quantitative estimate of drug-likeness (QED) is 0.579. The summed E-state index contributed by atoms with van der Waals surface area (Å²) in [4.78, 5) is 4.32. The van der Waals surface area contributed by atoms with E-state index >= 15 is 0 Å². The first-order chi connectivity index (χ1) is 5.97. The molecule has 0 atom stereocenters. The molecule has 1 aliphatic heterocycles. The van der Waals surface area contributed by atoms with Crippen molar-refractivity contribution in [3.63, 3.8) is 0 Å². The molecule has 0 saturated carbocycles. The van der Waals surface area contributed by atoms with E-state index in [1.165, 1.54) is 5.22 Å². The van der Waals surface area contributed by atoms with Gasteiger partial charge in [-0.3, -0.25) is 4.99 Å². The summed E-state index contributed by atoms with van der Waals surface area (Å²) in [5.41, 5.74) is 0. The molecule has 2 rings (SSSR count). The van der Waals surface area contributed by atoms with Gasteiger partial charge in [-0.05, 0) is 11.5 Å². The van der Waals surface area contributed by atoms with Gasteiger partial charge in [0.2, 0.25) is 0 Å². The molecule has 1 aromatic rings. The molecule has 60 valence electrons. The fraction of sp³-hybridized carbons (Fsp3) is 0.100. The van der Waals surface area contributed by atoms with Crippen LogP contribution in [0.25, 0.3) is 5.41 Å². The van der Waals surface area contributed by atoms with Gasteiger partial charge in [0.25, 0.3) is 0 Å². The molecule has 0 bridgehead atoms. The summed E-state index contributed by atoms with van der Waals surface area (Å²) in [6.45, 7) is 0. The zero-order valence-electron chi connectivity index (χ0n) is 6.60. The van der Waals surface area contributed by atoms with E-state index in [0.29, 0.717) is 0 Å². The van der Waals surface area contributed by atoms with Crippen LogP contribution in [0.4, 0.5) is 0 Å². The van der Waals surface area contributed by atoms with Gasteiger partial charge < -0.3 is 0 Å². The summed E-state index contributed by atoms with van der Waals surface area (Å²) < 4.78 is 0. The molecule has 0 aliphatic carbocycles. The molecule has 1 nitrogen and oxygen atoms in total. The van der Waals surface area contributed by atoms with Crippen LogP contribution in [-0.4, -0.2) is 5.75 Å². The van der Waals surface area contributed by atoms with E-state index in [0.717, 1.165) is 11.1 Å². The van der Waals surface area contributed by atoms with E-state index in [9.17, 15) is 0 Å². The van der Waals surface area contributed by atoms with Gasteiger partial charge >= 0.3 is 0 Å². The van der Waals surface area contributed by atoms with Crippen LogP contribution >= 0.6 is 11.8 Å². The number of thioether (sulfide) groups is 1. The predicted octanol–water partition coefficient (Wildman–Crippen LogP) is 1.30. The maximum Gasteiger partial charge on any atom is 0.0706 e. The average Bonchev–Trinajstić information content (AvgIpc) is 2.06. The highest BCUT2D eigenvalue weighted by Crippen LogP contribution is 2.01. The number of hydrogen-bond acceptors (Lipinski definition) is 2. The van der Waals surface area contributed by atoms with Crippen LogP contribution in [0.1, 0.15) is 0 Å². The van der Waals surface area contributed by atoms with Crippen LogP contribution in [0, 0.1) is 0 Å². The third-order valence-electron chi connectivity index (χ3n) is 1.66. The highest BCUT2D eigenvalue weighted by molar-refractivity contribution is 8.06. The van der Waals surface area contributed by atoms with E-state index < -0.39 is 0 Å². The Balaban J connectivity index is 2.71. The molecule has 0 radical (unpaired) electrons. The molecule has 1 aromatic carbocycles. The van der Waals surface area contributed by atoms with E-state index in [4.69, 9.17) is 0 Å². The van der Waals surface area contributed by atoms with E-state index in [1.807, 2.05) is 24.4 Å². The number of nitrogens with zero attached hydrogens (tertiary/aromatic N) is 1. The first kappa shape index (κ1) is 7.62. The van der Waals surface area contributed by atoms with Crippen LogP contribution in [0.2, 0.25) is 0 Å². The summed E-state index contributed by atoms with van der Waals surface area (Å²) in [7, 11) is 0.